The van der Waals surface area contributed by atoms with Gasteiger partial charge in [0.2, 0.25) is 5.91 Å². The number of benzene rings is 1. The predicted octanol–water partition coefficient (Wildman–Crippen LogP) is 2.26. The molecule has 9 heteroatoms. The summed E-state index contributed by atoms with van der Waals surface area (Å²) in [6.07, 6.45) is 0.373. The smallest absolute Gasteiger partial charge is 0.251 e. The van der Waals surface area contributed by atoms with Crippen molar-refractivity contribution >= 4 is 28.3 Å². The lowest BCUT2D eigenvalue weighted by molar-refractivity contribution is -0.115. The van der Waals surface area contributed by atoms with E-state index in [2.05, 4.69) is 34.4 Å². The first-order valence-corrected chi connectivity index (χ1v) is 9.93. The van der Waals surface area contributed by atoms with Crippen molar-refractivity contribution in [2.45, 2.75) is 32.6 Å². The van der Waals surface area contributed by atoms with Gasteiger partial charge in [0.25, 0.3) is 5.91 Å². The number of nitrogens with one attached hydrogen (secondary N) is 2. The Bertz CT molecular complexity index is 817. The van der Waals surface area contributed by atoms with Crippen LogP contribution in [0.3, 0.4) is 0 Å². The molecule has 0 radical (unpaired) electrons. The van der Waals surface area contributed by atoms with E-state index in [9.17, 15) is 14.0 Å². The zero-order valence-electron chi connectivity index (χ0n) is 15.8. The molecule has 0 saturated carbocycles. The topological polar surface area (TPSA) is 83.6 Å². The van der Waals surface area contributed by atoms with Gasteiger partial charge in [-0.05, 0) is 38.1 Å². The molecule has 0 aliphatic carbocycles. The fourth-order valence-electron chi connectivity index (χ4n) is 3.11. The Morgan fingerprint density at radius 1 is 1.25 bits per heavy atom. The Morgan fingerprint density at radius 2 is 1.93 bits per heavy atom. The van der Waals surface area contributed by atoms with Crippen LogP contribution in [0.25, 0.3) is 0 Å². The Labute approximate surface area is 166 Å². The van der Waals surface area contributed by atoms with E-state index in [1.807, 2.05) is 5.38 Å². The molecule has 2 unspecified atom stereocenters. The molecular formula is C19H23FN4O3S. The molecule has 1 aromatic heterocycles. The maximum absolute atomic E-state index is 12.9. The van der Waals surface area contributed by atoms with Crippen LogP contribution in [0.1, 0.15) is 29.9 Å². The van der Waals surface area contributed by atoms with Crippen LogP contribution < -0.4 is 10.6 Å². The van der Waals surface area contributed by atoms with E-state index in [-0.39, 0.29) is 24.7 Å². The van der Waals surface area contributed by atoms with E-state index < -0.39 is 11.7 Å². The summed E-state index contributed by atoms with van der Waals surface area (Å²) in [7, 11) is 0. The fourth-order valence-corrected chi connectivity index (χ4v) is 3.82. The maximum atomic E-state index is 12.9. The summed E-state index contributed by atoms with van der Waals surface area (Å²) in [4.78, 5) is 30.7. The number of hydrogen-bond donors (Lipinski definition) is 2. The molecule has 3 rings (SSSR count). The van der Waals surface area contributed by atoms with Crippen LogP contribution in [-0.2, 0) is 16.1 Å². The van der Waals surface area contributed by atoms with Crippen LogP contribution in [0.5, 0.6) is 0 Å². The van der Waals surface area contributed by atoms with Crippen molar-refractivity contribution < 1.29 is 18.7 Å². The van der Waals surface area contributed by atoms with E-state index in [1.165, 1.54) is 35.6 Å². The highest BCUT2D eigenvalue weighted by Gasteiger charge is 2.22. The van der Waals surface area contributed by atoms with Gasteiger partial charge in [-0.3, -0.25) is 14.5 Å². The summed E-state index contributed by atoms with van der Waals surface area (Å²) in [5.74, 6) is -1.23. The number of aromatic nitrogens is 1. The molecule has 1 aromatic carbocycles. The van der Waals surface area contributed by atoms with Gasteiger partial charge in [-0.15, -0.1) is 11.3 Å². The molecule has 7 nitrogen and oxygen atoms in total. The van der Waals surface area contributed by atoms with Crippen molar-refractivity contribution in [2.75, 3.05) is 25.0 Å². The number of ether oxygens (including phenoxy) is 1. The Balaban J connectivity index is 1.46. The number of carbonyl (C=O) groups excluding carboxylic acids is 2. The Hall–Kier alpha value is -2.36. The first-order valence-electron chi connectivity index (χ1n) is 9.05. The first-order chi connectivity index (χ1) is 13.4. The fraction of sp³-hybridized carbons (Fsp3) is 0.421. The summed E-state index contributed by atoms with van der Waals surface area (Å²) < 4.78 is 18.6. The van der Waals surface area contributed by atoms with Gasteiger partial charge in [-0.2, -0.15) is 0 Å². The van der Waals surface area contributed by atoms with Crippen molar-refractivity contribution in [3.63, 3.8) is 0 Å². The molecule has 2 amide bonds. The minimum atomic E-state index is -0.439. The third kappa shape index (κ3) is 5.82. The van der Waals surface area contributed by atoms with E-state index in [0.717, 1.165) is 18.8 Å². The zero-order valence-corrected chi connectivity index (χ0v) is 16.6. The maximum Gasteiger partial charge on any atom is 0.251 e. The van der Waals surface area contributed by atoms with Crippen LogP contribution in [0.15, 0.2) is 29.6 Å². The highest BCUT2D eigenvalue weighted by atomic mass is 32.1. The van der Waals surface area contributed by atoms with E-state index in [0.29, 0.717) is 17.2 Å². The quantitative estimate of drug-likeness (QED) is 0.769. The second-order valence-electron chi connectivity index (χ2n) is 6.83. The van der Waals surface area contributed by atoms with Crippen LogP contribution >= 0.6 is 11.3 Å². The van der Waals surface area contributed by atoms with Crippen molar-refractivity contribution in [1.82, 2.24) is 15.2 Å². The van der Waals surface area contributed by atoms with Gasteiger partial charge in [-0.1, -0.05) is 0 Å². The summed E-state index contributed by atoms with van der Waals surface area (Å²) in [5.41, 5.74) is 1.18. The second-order valence-corrected chi connectivity index (χ2v) is 7.69. The minimum Gasteiger partial charge on any atom is -0.373 e. The zero-order chi connectivity index (χ0) is 20.1. The summed E-state index contributed by atoms with van der Waals surface area (Å²) in [5, 5.41) is 7.59. The molecule has 2 heterocycles. The van der Waals surface area contributed by atoms with Crippen molar-refractivity contribution in [2.24, 2.45) is 0 Å². The van der Waals surface area contributed by atoms with Crippen molar-refractivity contribution in [1.29, 1.82) is 0 Å². The highest BCUT2D eigenvalue weighted by Crippen LogP contribution is 2.19. The lowest BCUT2D eigenvalue weighted by Gasteiger charge is -2.34. The molecule has 2 aromatic rings. The normalized spacial score (nSPS) is 20.0. The van der Waals surface area contributed by atoms with Gasteiger partial charge < -0.3 is 15.4 Å². The molecule has 0 spiro atoms. The van der Waals surface area contributed by atoms with Crippen molar-refractivity contribution in [3.05, 3.63) is 46.7 Å². The summed E-state index contributed by atoms with van der Waals surface area (Å²) in [6.45, 7) is 6.30. The van der Waals surface area contributed by atoms with Crippen LogP contribution in [0, 0.1) is 5.82 Å². The van der Waals surface area contributed by atoms with Crippen LogP contribution in [-0.4, -0.2) is 53.5 Å². The Morgan fingerprint density at radius 3 is 2.61 bits per heavy atom. The van der Waals surface area contributed by atoms with E-state index in [4.69, 9.17) is 4.74 Å². The van der Waals surface area contributed by atoms with Gasteiger partial charge in [-0.25, -0.2) is 9.37 Å². The van der Waals surface area contributed by atoms with Gasteiger partial charge in [0, 0.05) is 30.6 Å². The molecule has 0 bridgehead atoms. The number of amides is 2. The van der Waals surface area contributed by atoms with Gasteiger partial charge >= 0.3 is 0 Å². The number of thiazole rings is 1. The van der Waals surface area contributed by atoms with Crippen LogP contribution in [0.4, 0.5) is 9.52 Å². The lowest BCUT2D eigenvalue weighted by Crippen LogP contribution is -2.44. The number of carbonyl (C=O) groups is 2. The number of halogens is 1. The largest absolute Gasteiger partial charge is 0.373 e. The number of nitrogens with zero attached hydrogens (tertiary/aromatic N) is 2. The third-order valence-corrected chi connectivity index (χ3v) is 5.00. The molecule has 2 atom stereocenters. The average molecular weight is 406 g/mol. The van der Waals surface area contributed by atoms with Gasteiger partial charge in [0.05, 0.1) is 24.4 Å². The Kier molecular flexibility index (Phi) is 6.71. The average Bonchev–Trinajstić information content (AvgIpc) is 3.06. The molecule has 1 saturated heterocycles. The first kappa shape index (κ1) is 20.4. The van der Waals surface area contributed by atoms with Crippen LogP contribution in [0.2, 0.25) is 0 Å². The molecule has 150 valence electrons. The molecule has 2 N–H and O–H groups in total. The third-order valence-electron chi connectivity index (χ3n) is 4.19. The molecular weight excluding hydrogens is 383 g/mol. The summed E-state index contributed by atoms with van der Waals surface area (Å²) in [6, 6.07) is 5.12. The molecule has 1 aliphatic rings. The SMILES string of the molecule is CC1CN(Cc2csc(NC(=O)CNC(=O)c3ccc(F)cc3)n2)CC(C)O1. The molecule has 28 heavy (non-hydrogen) atoms. The number of hydrogen-bond acceptors (Lipinski definition) is 6. The van der Waals surface area contributed by atoms with Crippen molar-refractivity contribution in [3.8, 4) is 0 Å². The standard InChI is InChI=1S/C19H23FN4O3S/c1-12-8-24(9-13(2)27-12)10-16-11-28-19(22-16)23-17(25)7-21-18(26)14-3-5-15(20)6-4-14/h3-6,11-13H,7-10H2,1-2H3,(H,21,26)(H,22,23,25). The lowest BCUT2D eigenvalue weighted by atomic mass is 10.2. The highest BCUT2D eigenvalue weighted by molar-refractivity contribution is 7.13. The number of morpholine rings is 1. The summed E-state index contributed by atoms with van der Waals surface area (Å²) >= 11 is 1.34. The van der Waals surface area contributed by atoms with Gasteiger partial charge in [0.1, 0.15) is 5.82 Å². The molecule has 1 aliphatic heterocycles. The number of anilines is 1. The van der Waals surface area contributed by atoms with E-state index >= 15 is 0 Å². The van der Waals surface area contributed by atoms with Gasteiger partial charge in [0.15, 0.2) is 5.13 Å². The van der Waals surface area contributed by atoms with E-state index in [1.54, 1.807) is 0 Å². The second kappa shape index (κ2) is 9.22. The predicted molar refractivity (Wildman–Crippen MR) is 105 cm³/mol. The monoisotopic (exact) mass is 406 g/mol. The minimum absolute atomic E-state index is 0.186. The number of rotatable bonds is 6. The molecule has 1 fully saturated rings.